The molecule has 3 rings (SSSR count). The van der Waals surface area contributed by atoms with Crippen molar-refractivity contribution in [3.63, 3.8) is 0 Å². The van der Waals surface area contributed by atoms with Gasteiger partial charge in [-0.3, -0.25) is 9.36 Å². The maximum absolute atomic E-state index is 13.8. The molecular formula is C20H15F4NO2. The fraction of sp³-hybridized carbons (Fsp3) is 0.150. The SMILES string of the molecule is C=C(c1c(-c2ccc(OC)cc2)c2ccc(F)cc2n1C(C)=O)C(F)(F)F. The van der Waals surface area contributed by atoms with Crippen LogP contribution < -0.4 is 4.74 Å². The van der Waals surface area contributed by atoms with Crippen molar-refractivity contribution in [3.05, 3.63) is 60.6 Å². The minimum absolute atomic E-state index is 0.0497. The van der Waals surface area contributed by atoms with Crippen molar-refractivity contribution in [2.45, 2.75) is 13.1 Å². The van der Waals surface area contributed by atoms with Gasteiger partial charge in [-0.25, -0.2) is 4.39 Å². The molecule has 0 aliphatic carbocycles. The Hall–Kier alpha value is -3.09. The molecule has 2 aromatic carbocycles. The molecule has 140 valence electrons. The number of methoxy groups -OCH3 is 1. The molecule has 0 saturated heterocycles. The summed E-state index contributed by atoms with van der Waals surface area (Å²) in [6, 6.07) is 9.88. The second-order valence-corrected chi connectivity index (χ2v) is 5.94. The molecule has 0 aliphatic heterocycles. The van der Waals surface area contributed by atoms with Gasteiger partial charge in [-0.2, -0.15) is 13.2 Å². The Kier molecular flexibility index (Phi) is 4.55. The molecule has 7 heteroatoms. The van der Waals surface area contributed by atoms with Crippen LogP contribution in [0.15, 0.2) is 49.0 Å². The molecule has 0 radical (unpaired) electrons. The van der Waals surface area contributed by atoms with Crippen LogP contribution in [0, 0.1) is 5.82 Å². The zero-order valence-electron chi connectivity index (χ0n) is 14.5. The molecule has 0 spiro atoms. The lowest BCUT2D eigenvalue weighted by atomic mass is 9.98. The van der Waals surface area contributed by atoms with E-state index in [0.717, 1.165) is 23.6 Å². The van der Waals surface area contributed by atoms with Gasteiger partial charge in [0.25, 0.3) is 0 Å². The van der Waals surface area contributed by atoms with Gasteiger partial charge in [0.1, 0.15) is 11.6 Å². The number of alkyl halides is 3. The predicted octanol–water partition coefficient (Wildman–Crippen LogP) is 5.69. The highest BCUT2D eigenvalue weighted by molar-refractivity contribution is 6.07. The zero-order chi connectivity index (χ0) is 19.9. The lowest BCUT2D eigenvalue weighted by Crippen LogP contribution is -2.17. The van der Waals surface area contributed by atoms with E-state index in [1.165, 1.54) is 13.2 Å². The second-order valence-electron chi connectivity index (χ2n) is 5.94. The fourth-order valence-corrected chi connectivity index (χ4v) is 3.06. The summed E-state index contributed by atoms with van der Waals surface area (Å²) in [5, 5.41) is 0.317. The summed E-state index contributed by atoms with van der Waals surface area (Å²) in [5.41, 5.74) is -0.951. The van der Waals surface area contributed by atoms with Gasteiger partial charge in [0.15, 0.2) is 0 Å². The first-order valence-corrected chi connectivity index (χ1v) is 7.91. The van der Waals surface area contributed by atoms with Crippen LogP contribution in [-0.2, 0) is 0 Å². The highest BCUT2D eigenvalue weighted by Gasteiger charge is 2.38. The van der Waals surface area contributed by atoms with E-state index in [1.54, 1.807) is 24.3 Å². The number of rotatable bonds is 3. The van der Waals surface area contributed by atoms with Crippen LogP contribution in [0.2, 0.25) is 0 Å². The number of carbonyl (C=O) groups is 1. The van der Waals surface area contributed by atoms with E-state index in [9.17, 15) is 22.4 Å². The molecule has 0 bridgehead atoms. The first-order chi connectivity index (χ1) is 12.6. The van der Waals surface area contributed by atoms with E-state index >= 15 is 0 Å². The maximum atomic E-state index is 13.8. The van der Waals surface area contributed by atoms with Gasteiger partial charge in [-0.05, 0) is 35.9 Å². The van der Waals surface area contributed by atoms with Crippen molar-refractivity contribution < 1.29 is 27.1 Å². The van der Waals surface area contributed by atoms with E-state index in [-0.39, 0.29) is 11.1 Å². The van der Waals surface area contributed by atoms with Crippen LogP contribution >= 0.6 is 0 Å². The first kappa shape index (κ1) is 18.7. The van der Waals surface area contributed by atoms with Gasteiger partial charge in [0, 0.05) is 17.9 Å². The topological polar surface area (TPSA) is 31.2 Å². The molecule has 0 amide bonds. The standard InChI is InChI=1S/C20H15F4NO2/c1-11(20(22,23)24)19-18(13-4-7-15(27-3)8-5-13)16-9-6-14(21)10-17(16)25(19)12(2)26/h4-10H,1H2,2-3H3. The van der Waals surface area contributed by atoms with Crippen LogP contribution in [0.1, 0.15) is 17.4 Å². The average Bonchev–Trinajstić information content (AvgIpc) is 2.94. The van der Waals surface area contributed by atoms with Crippen molar-refractivity contribution in [3.8, 4) is 16.9 Å². The van der Waals surface area contributed by atoms with Crippen molar-refractivity contribution in [1.29, 1.82) is 0 Å². The van der Waals surface area contributed by atoms with Gasteiger partial charge < -0.3 is 4.74 Å². The molecule has 0 atom stereocenters. The largest absolute Gasteiger partial charge is 0.497 e. The number of benzene rings is 2. The van der Waals surface area contributed by atoms with E-state index in [0.29, 0.717) is 16.7 Å². The number of allylic oxidation sites excluding steroid dienone is 1. The Bertz CT molecular complexity index is 1050. The Labute approximate surface area is 152 Å². The van der Waals surface area contributed by atoms with Gasteiger partial charge in [-0.1, -0.05) is 18.7 Å². The minimum atomic E-state index is -4.76. The van der Waals surface area contributed by atoms with Crippen LogP contribution in [0.4, 0.5) is 17.6 Å². The number of nitrogens with zero attached hydrogens (tertiary/aromatic N) is 1. The summed E-state index contributed by atoms with van der Waals surface area (Å²) in [6.45, 7) is 4.28. The Morgan fingerprint density at radius 3 is 2.26 bits per heavy atom. The third-order valence-electron chi connectivity index (χ3n) is 4.25. The highest BCUT2D eigenvalue weighted by atomic mass is 19.4. The number of ether oxygens (including phenoxy) is 1. The summed E-state index contributed by atoms with van der Waals surface area (Å²) in [7, 11) is 1.47. The van der Waals surface area contributed by atoms with Crippen molar-refractivity contribution in [2.24, 2.45) is 0 Å². The van der Waals surface area contributed by atoms with Crippen molar-refractivity contribution >= 4 is 22.4 Å². The average molecular weight is 377 g/mol. The summed E-state index contributed by atoms with van der Waals surface area (Å²) in [4.78, 5) is 12.2. The molecule has 1 aromatic heterocycles. The van der Waals surface area contributed by atoms with Crippen molar-refractivity contribution in [1.82, 2.24) is 4.57 Å². The monoisotopic (exact) mass is 377 g/mol. The maximum Gasteiger partial charge on any atom is 0.417 e. The second kappa shape index (κ2) is 6.57. The predicted molar refractivity (Wildman–Crippen MR) is 95.3 cm³/mol. The van der Waals surface area contributed by atoms with Gasteiger partial charge in [-0.15, -0.1) is 0 Å². The van der Waals surface area contributed by atoms with Gasteiger partial charge in [0.2, 0.25) is 5.91 Å². The highest BCUT2D eigenvalue weighted by Crippen LogP contribution is 2.43. The molecule has 0 N–H and O–H groups in total. The molecule has 0 aliphatic rings. The molecule has 0 fully saturated rings. The third-order valence-corrected chi connectivity index (χ3v) is 4.25. The summed E-state index contributed by atoms with van der Waals surface area (Å²) in [5.74, 6) is -0.810. The number of carbonyl (C=O) groups excluding carboxylic acids is 1. The zero-order valence-corrected chi connectivity index (χ0v) is 14.5. The van der Waals surface area contributed by atoms with Crippen LogP contribution in [-0.4, -0.2) is 23.8 Å². The molecule has 27 heavy (non-hydrogen) atoms. The number of halogens is 4. The Balaban J connectivity index is 2.46. The molecule has 0 unspecified atom stereocenters. The quantitative estimate of drug-likeness (QED) is 0.549. The minimum Gasteiger partial charge on any atom is -0.497 e. The smallest absolute Gasteiger partial charge is 0.417 e. The first-order valence-electron chi connectivity index (χ1n) is 7.91. The summed E-state index contributed by atoms with van der Waals surface area (Å²) in [6.07, 6.45) is -4.76. The van der Waals surface area contributed by atoms with Gasteiger partial charge >= 0.3 is 6.18 Å². The molecular weight excluding hydrogens is 362 g/mol. The Morgan fingerprint density at radius 1 is 1.11 bits per heavy atom. The molecule has 1 heterocycles. The van der Waals surface area contributed by atoms with Crippen molar-refractivity contribution in [2.75, 3.05) is 7.11 Å². The number of fused-ring (bicyclic) bond motifs is 1. The van der Waals surface area contributed by atoms with E-state index < -0.39 is 29.2 Å². The van der Waals surface area contributed by atoms with Gasteiger partial charge in [0.05, 0.1) is 23.9 Å². The third kappa shape index (κ3) is 3.20. The van der Waals surface area contributed by atoms with Crippen LogP contribution in [0.5, 0.6) is 5.75 Å². The Morgan fingerprint density at radius 2 is 1.74 bits per heavy atom. The van der Waals surface area contributed by atoms with Crippen LogP contribution in [0.3, 0.4) is 0 Å². The number of hydrogen-bond acceptors (Lipinski definition) is 2. The van der Waals surface area contributed by atoms with Crippen LogP contribution in [0.25, 0.3) is 27.6 Å². The molecule has 3 aromatic rings. The number of aromatic nitrogens is 1. The number of hydrogen-bond donors (Lipinski definition) is 0. The fourth-order valence-electron chi connectivity index (χ4n) is 3.06. The lowest BCUT2D eigenvalue weighted by molar-refractivity contribution is -0.0689. The lowest BCUT2D eigenvalue weighted by Gasteiger charge is -2.15. The summed E-state index contributed by atoms with van der Waals surface area (Å²) < 4.78 is 60.2. The van der Waals surface area contributed by atoms with E-state index in [4.69, 9.17) is 4.74 Å². The normalized spacial score (nSPS) is 11.6. The van der Waals surface area contributed by atoms with E-state index in [1.807, 2.05) is 0 Å². The van der Waals surface area contributed by atoms with E-state index in [2.05, 4.69) is 6.58 Å². The molecule has 0 saturated carbocycles. The molecule has 3 nitrogen and oxygen atoms in total. The summed E-state index contributed by atoms with van der Waals surface area (Å²) >= 11 is 0.